The minimum Gasteiger partial charge on any atom is -0.444 e. The molecule has 0 bridgehead atoms. The fourth-order valence-electron chi connectivity index (χ4n) is 1.96. The Morgan fingerprint density at radius 3 is 2.72 bits per heavy atom. The Labute approximate surface area is 109 Å². The third-order valence-corrected chi connectivity index (χ3v) is 2.76. The Balaban J connectivity index is 2.34. The topological polar surface area (TPSA) is 67.8 Å². The van der Waals surface area contributed by atoms with E-state index in [1.165, 1.54) is 0 Å². The first-order valence-electron chi connectivity index (χ1n) is 6.62. The maximum Gasteiger partial charge on any atom is 0.407 e. The van der Waals surface area contributed by atoms with Gasteiger partial charge in [-0.2, -0.15) is 0 Å². The second-order valence-electron chi connectivity index (χ2n) is 5.75. The number of ether oxygens (including phenoxy) is 2. The summed E-state index contributed by atoms with van der Waals surface area (Å²) in [5.74, 6) is 0. The summed E-state index contributed by atoms with van der Waals surface area (Å²) in [6.45, 7) is 6.11. The number of hydrogen-bond acceptors (Lipinski definition) is 4. The molecule has 1 amide bonds. The van der Waals surface area contributed by atoms with Crippen LogP contribution in [0.15, 0.2) is 0 Å². The van der Waals surface area contributed by atoms with E-state index in [1.54, 1.807) is 0 Å². The molecule has 1 fully saturated rings. The fraction of sp³-hybridized carbons (Fsp3) is 0.923. The van der Waals surface area contributed by atoms with Gasteiger partial charge in [-0.1, -0.05) is 0 Å². The number of alkyl carbamates (subject to hydrolysis) is 1. The molecule has 106 valence electrons. The number of aliphatic hydroxyl groups excluding tert-OH is 1. The van der Waals surface area contributed by atoms with Gasteiger partial charge in [0.1, 0.15) is 5.60 Å². The Morgan fingerprint density at radius 2 is 2.22 bits per heavy atom. The molecule has 0 spiro atoms. The van der Waals surface area contributed by atoms with Crippen molar-refractivity contribution in [2.24, 2.45) is 0 Å². The number of hydrogen-bond donors (Lipinski definition) is 2. The molecule has 0 aliphatic carbocycles. The van der Waals surface area contributed by atoms with Crippen molar-refractivity contribution in [2.45, 2.75) is 64.2 Å². The molecule has 0 aromatic carbocycles. The minimum absolute atomic E-state index is 0.0981. The van der Waals surface area contributed by atoms with E-state index in [0.717, 1.165) is 25.9 Å². The summed E-state index contributed by atoms with van der Waals surface area (Å²) in [7, 11) is 0. The van der Waals surface area contributed by atoms with Crippen LogP contribution in [0.1, 0.15) is 46.5 Å². The predicted molar refractivity (Wildman–Crippen MR) is 68.5 cm³/mol. The maximum absolute atomic E-state index is 11.6. The van der Waals surface area contributed by atoms with E-state index in [9.17, 15) is 9.90 Å². The lowest BCUT2D eigenvalue weighted by atomic mass is 10.0. The second-order valence-corrected chi connectivity index (χ2v) is 5.75. The lowest BCUT2D eigenvalue weighted by Gasteiger charge is -2.27. The van der Waals surface area contributed by atoms with Crippen molar-refractivity contribution in [1.82, 2.24) is 5.32 Å². The quantitative estimate of drug-likeness (QED) is 0.808. The molecule has 0 aromatic heterocycles. The van der Waals surface area contributed by atoms with Gasteiger partial charge in [0.2, 0.25) is 0 Å². The molecular formula is C13H25NO4. The highest BCUT2D eigenvalue weighted by Crippen LogP contribution is 2.17. The number of carbonyl (C=O) groups excluding carboxylic acids is 1. The molecule has 2 N–H and O–H groups in total. The summed E-state index contributed by atoms with van der Waals surface area (Å²) in [5, 5.41) is 12.0. The van der Waals surface area contributed by atoms with Crippen molar-refractivity contribution in [3.05, 3.63) is 0 Å². The molecular weight excluding hydrogens is 234 g/mol. The number of amides is 1. The highest BCUT2D eigenvalue weighted by molar-refractivity contribution is 5.68. The van der Waals surface area contributed by atoms with E-state index >= 15 is 0 Å². The molecule has 5 heteroatoms. The van der Waals surface area contributed by atoms with Crippen LogP contribution in [0.5, 0.6) is 0 Å². The highest BCUT2D eigenvalue weighted by atomic mass is 16.6. The highest BCUT2D eigenvalue weighted by Gasteiger charge is 2.23. The number of aliphatic hydroxyl groups is 1. The van der Waals surface area contributed by atoms with Crippen LogP contribution < -0.4 is 5.32 Å². The summed E-state index contributed by atoms with van der Waals surface area (Å²) >= 11 is 0. The molecule has 18 heavy (non-hydrogen) atoms. The van der Waals surface area contributed by atoms with E-state index in [2.05, 4.69) is 5.32 Å². The van der Waals surface area contributed by atoms with E-state index < -0.39 is 11.7 Å². The normalized spacial score (nSPS) is 22.3. The zero-order valence-corrected chi connectivity index (χ0v) is 11.6. The molecule has 1 rings (SSSR count). The summed E-state index contributed by atoms with van der Waals surface area (Å²) in [6.07, 6.45) is 3.51. The maximum atomic E-state index is 11.6. The van der Waals surface area contributed by atoms with Crippen LogP contribution in [-0.4, -0.2) is 42.2 Å². The third-order valence-electron chi connectivity index (χ3n) is 2.76. The van der Waals surface area contributed by atoms with Gasteiger partial charge in [0, 0.05) is 6.61 Å². The lowest BCUT2D eigenvalue weighted by Crippen LogP contribution is -2.43. The summed E-state index contributed by atoms with van der Waals surface area (Å²) in [4.78, 5) is 11.6. The molecule has 1 saturated heterocycles. The average Bonchev–Trinajstić information content (AvgIpc) is 2.27. The first-order valence-corrected chi connectivity index (χ1v) is 6.62. The first-order chi connectivity index (χ1) is 8.40. The summed E-state index contributed by atoms with van der Waals surface area (Å²) in [6, 6.07) is -0.303. The van der Waals surface area contributed by atoms with Gasteiger partial charge in [-0.05, 0) is 46.5 Å². The average molecular weight is 259 g/mol. The zero-order chi connectivity index (χ0) is 13.6. The van der Waals surface area contributed by atoms with Gasteiger partial charge in [0.15, 0.2) is 0 Å². The molecule has 0 aromatic rings. The number of carbonyl (C=O) groups is 1. The summed E-state index contributed by atoms with van der Waals surface area (Å²) < 4.78 is 10.7. The van der Waals surface area contributed by atoms with Crippen LogP contribution in [0.2, 0.25) is 0 Å². The fourth-order valence-corrected chi connectivity index (χ4v) is 1.96. The van der Waals surface area contributed by atoms with Crippen molar-refractivity contribution in [3.63, 3.8) is 0 Å². The van der Waals surface area contributed by atoms with Gasteiger partial charge in [0.05, 0.1) is 18.8 Å². The van der Waals surface area contributed by atoms with Crippen molar-refractivity contribution < 1.29 is 19.4 Å². The van der Waals surface area contributed by atoms with Gasteiger partial charge in [-0.25, -0.2) is 4.79 Å². The SMILES string of the molecule is CC(C)(C)OC(=O)NC(CO)C[C@@H]1CCCCO1. The van der Waals surface area contributed by atoms with E-state index in [1.807, 2.05) is 20.8 Å². The van der Waals surface area contributed by atoms with Crippen LogP contribution >= 0.6 is 0 Å². The smallest absolute Gasteiger partial charge is 0.407 e. The van der Waals surface area contributed by atoms with Crippen molar-refractivity contribution in [2.75, 3.05) is 13.2 Å². The van der Waals surface area contributed by atoms with E-state index in [4.69, 9.17) is 9.47 Å². The number of rotatable bonds is 4. The monoisotopic (exact) mass is 259 g/mol. The largest absolute Gasteiger partial charge is 0.444 e. The van der Waals surface area contributed by atoms with Crippen LogP contribution in [0.3, 0.4) is 0 Å². The van der Waals surface area contributed by atoms with Crippen LogP contribution in [0.25, 0.3) is 0 Å². The van der Waals surface area contributed by atoms with Crippen LogP contribution in [0.4, 0.5) is 4.79 Å². The molecule has 1 aliphatic heterocycles. The Morgan fingerprint density at radius 1 is 1.50 bits per heavy atom. The molecule has 0 radical (unpaired) electrons. The summed E-state index contributed by atoms with van der Waals surface area (Å²) in [5.41, 5.74) is -0.522. The predicted octanol–water partition coefficient (Wildman–Crippen LogP) is 1.83. The molecule has 1 aliphatic rings. The van der Waals surface area contributed by atoms with Gasteiger partial charge in [0.25, 0.3) is 0 Å². The van der Waals surface area contributed by atoms with Crippen molar-refractivity contribution in [3.8, 4) is 0 Å². The van der Waals surface area contributed by atoms with Crippen LogP contribution in [0, 0.1) is 0 Å². The Bertz CT molecular complexity index is 256. The first kappa shape index (κ1) is 15.2. The van der Waals surface area contributed by atoms with E-state index in [-0.39, 0.29) is 18.8 Å². The number of nitrogens with one attached hydrogen (secondary N) is 1. The van der Waals surface area contributed by atoms with Gasteiger partial charge in [-0.3, -0.25) is 0 Å². The van der Waals surface area contributed by atoms with Gasteiger partial charge >= 0.3 is 6.09 Å². The zero-order valence-electron chi connectivity index (χ0n) is 11.6. The third kappa shape index (κ3) is 6.21. The molecule has 5 nitrogen and oxygen atoms in total. The van der Waals surface area contributed by atoms with E-state index in [0.29, 0.717) is 6.42 Å². The Kier molecular flexibility index (Phi) is 5.88. The minimum atomic E-state index is -0.522. The Hall–Kier alpha value is -0.810. The molecule has 0 saturated carbocycles. The molecule has 1 unspecified atom stereocenters. The second kappa shape index (κ2) is 6.95. The molecule has 1 heterocycles. The van der Waals surface area contributed by atoms with Crippen LogP contribution in [-0.2, 0) is 9.47 Å². The van der Waals surface area contributed by atoms with Crippen molar-refractivity contribution in [1.29, 1.82) is 0 Å². The molecule has 2 atom stereocenters. The standard InChI is InChI=1S/C13H25NO4/c1-13(2,3)18-12(16)14-10(9-15)8-11-6-4-5-7-17-11/h10-11,15H,4-9H2,1-3H3,(H,14,16)/t10?,11-/m0/s1. The van der Waals surface area contributed by atoms with Gasteiger partial charge in [-0.15, -0.1) is 0 Å². The van der Waals surface area contributed by atoms with Gasteiger partial charge < -0.3 is 19.9 Å². The van der Waals surface area contributed by atoms with Crippen molar-refractivity contribution >= 4 is 6.09 Å². The lowest BCUT2D eigenvalue weighted by molar-refractivity contribution is -0.00102.